The second-order valence-electron chi connectivity index (χ2n) is 3.93. The third-order valence-electron chi connectivity index (χ3n) is 2.68. The molecule has 0 saturated heterocycles. The van der Waals surface area contributed by atoms with Crippen molar-refractivity contribution >= 4 is 34.1 Å². The number of H-pyrrole nitrogens is 1. The lowest BCUT2D eigenvalue weighted by atomic mass is 10.2. The number of aromatic nitrogens is 3. The van der Waals surface area contributed by atoms with E-state index in [9.17, 15) is 4.79 Å². The maximum absolute atomic E-state index is 12.0. The summed E-state index contributed by atoms with van der Waals surface area (Å²) in [6, 6.07) is 10.8. The fourth-order valence-corrected chi connectivity index (χ4v) is 1.95. The van der Waals surface area contributed by atoms with Crippen LogP contribution in [0.4, 0.5) is 5.69 Å². The Kier molecular flexibility index (Phi) is 2.89. The van der Waals surface area contributed by atoms with Crippen molar-refractivity contribution in [1.29, 1.82) is 0 Å². The van der Waals surface area contributed by atoms with E-state index in [1.807, 2.05) is 24.3 Å². The summed E-state index contributed by atoms with van der Waals surface area (Å²) < 4.78 is 0. The number of hydrogen-bond acceptors (Lipinski definition) is 3. The van der Waals surface area contributed by atoms with Gasteiger partial charge in [-0.1, -0.05) is 29.8 Å². The van der Waals surface area contributed by atoms with Crippen LogP contribution in [0.2, 0.25) is 5.15 Å². The predicted octanol–water partition coefficient (Wildman–Crippen LogP) is 2.86. The third-order valence-corrected chi connectivity index (χ3v) is 2.87. The molecular formula is C13H9ClN4O. The number of hydrogen-bond donors (Lipinski definition) is 2. The Hall–Kier alpha value is -2.40. The molecule has 3 aromatic rings. The van der Waals surface area contributed by atoms with Crippen molar-refractivity contribution in [2.45, 2.75) is 0 Å². The van der Waals surface area contributed by atoms with Crippen LogP contribution in [0.25, 0.3) is 10.9 Å². The maximum atomic E-state index is 12.0. The van der Waals surface area contributed by atoms with Crippen molar-refractivity contribution in [2.24, 2.45) is 0 Å². The molecule has 0 aliphatic carbocycles. The number of nitrogens with one attached hydrogen (secondary N) is 2. The van der Waals surface area contributed by atoms with Gasteiger partial charge in [-0.05, 0) is 12.1 Å². The van der Waals surface area contributed by atoms with Crippen LogP contribution in [0, 0.1) is 0 Å². The van der Waals surface area contributed by atoms with Crippen molar-refractivity contribution < 1.29 is 4.79 Å². The molecule has 0 atom stereocenters. The van der Waals surface area contributed by atoms with Gasteiger partial charge in [0, 0.05) is 17.6 Å². The number of aromatic amines is 1. The fraction of sp³-hybridized carbons (Fsp3) is 0. The molecule has 5 nitrogen and oxygen atoms in total. The number of anilines is 1. The Morgan fingerprint density at radius 2 is 2.11 bits per heavy atom. The second kappa shape index (κ2) is 4.70. The molecule has 0 aliphatic rings. The Morgan fingerprint density at radius 1 is 1.26 bits per heavy atom. The van der Waals surface area contributed by atoms with Gasteiger partial charge in [-0.3, -0.25) is 14.9 Å². The molecule has 0 bridgehead atoms. The predicted molar refractivity (Wildman–Crippen MR) is 73.3 cm³/mol. The summed E-state index contributed by atoms with van der Waals surface area (Å²) >= 11 is 5.69. The number of fused-ring (bicyclic) bond motifs is 1. The molecule has 3 rings (SSSR count). The maximum Gasteiger partial charge on any atom is 0.276 e. The SMILES string of the molecule is O=C(Nc1ccnc2ccccc12)c1cc(Cl)[nH]n1. The lowest BCUT2D eigenvalue weighted by Gasteiger charge is -2.06. The summed E-state index contributed by atoms with van der Waals surface area (Å²) in [5.74, 6) is -0.320. The zero-order valence-corrected chi connectivity index (χ0v) is 10.5. The van der Waals surface area contributed by atoms with E-state index in [4.69, 9.17) is 11.6 Å². The Balaban J connectivity index is 1.95. The first-order valence-electron chi connectivity index (χ1n) is 5.60. The molecule has 0 unspecified atom stereocenters. The topological polar surface area (TPSA) is 70.7 Å². The largest absolute Gasteiger partial charge is 0.320 e. The Morgan fingerprint density at radius 3 is 2.89 bits per heavy atom. The van der Waals surface area contributed by atoms with Crippen molar-refractivity contribution in [1.82, 2.24) is 15.2 Å². The summed E-state index contributed by atoms with van der Waals surface area (Å²) in [4.78, 5) is 16.2. The van der Waals surface area contributed by atoms with Gasteiger partial charge in [0.25, 0.3) is 5.91 Å². The highest BCUT2D eigenvalue weighted by Crippen LogP contribution is 2.21. The van der Waals surface area contributed by atoms with Crippen LogP contribution in [0.3, 0.4) is 0 Å². The molecule has 19 heavy (non-hydrogen) atoms. The lowest BCUT2D eigenvalue weighted by molar-refractivity contribution is 0.102. The van der Waals surface area contributed by atoms with Gasteiger partial charge in [-0.2, -0.15) is 5.10 Å². The van der Waals surface area contributed by atoms with E-state index < -0.39 is 0 Å². The molecule has 2 N–H and O–H groups in total. The Labute approximate surface area is 113 Å². The smallest absolute Gasteiger partial charge is 0.276 e. The molecule has 0 spiro atoms. The first-order chi connectivity index (χ1) is 9.24. The van der Waals surface area contributed by atoms with Crippen LogP contribution in [-0.2, 0) is 0 Å². The van der Waals surface area contributed by atoms with Crippen molar-refractivity contribution in [3.63, 3.8) is 0 Å². The van der Waals surface area contributed by atoms with Gasteiger partial charge >= 0.3 is 0 Å². The van der Waals surface area contributed by atoms with Crippen LogP contribution in [0.15, 0.2) is 42.6 Å². The fourth-order valence-electron chi connectivity index (χ4n) is 1.81. The van der Waals surface area contributed by atoms with Crippen LogP contribution in [0.5, 0.6) is 0 Å². The number of amides is 1. The molecule has 2 aromatic heterocycles. The van der Waals surface area contributed by atoms with Gasteiger partial charge in [0.15, 0.2) is 5.69 Å². The number of pyridine rings is 1. The molecule has 0 radical (unpaired) electrons. The zero-order chi connectivity index (χ0) is 13.2. The minimum absolute atomic E-state index is 0.242. The zero-order valence-electron chi connectivity index (χ0n) is 9.72. The van der Waals surface area contributed by atoms with E-state index in [1.165, 1.54) is 6.07 Å². The molecule has 0 saturated carbocycles. The molecule has 0 fully saturated rings. The third kappa shape index (κ3) is 2.28. The second-order valence-corrected chi connectivity index (χ2v) is 4.34. The standard InChI is InChI=1S/C13H9ClN4O/c14-12-7-11(17-18-12)13(19)16-10-5-6-15-9-4-2-1-3-8(9)10/h1-7H,(H,17,18)(H,15,16,19). The molecule has 0 aliphatic heterocycles. The number of benzene rings is 1. The van der Waals surface area contributed by atoms with E-state index >= 15 is 0 Å². The van der Waals surface area contributed by atoms with E-state index in [0.717, 1.165) is 10.9 Å². The van der Waals surface area contributed by atoms with Crippen molar-refractivity contribution in [3.05, 3.63) is 53.4 Å². The average molecular weight is 273 g/mol. The molecule has 1 amide bonds. The number of carbonyl (C=O) groups excluding carboxylic acids is 1. The van der Waals surface area contributed by atoms with Gasteiger partial charge in [-0.25, -0.2) is 0 Å². The molecular weight excluding hydrogens is 264 g/mol. The molecule has 94 valence electrons. The van der Waals surface area contributed by atoms with Gasteiger partial charge < -0.3 is 5.32 Å². The van der Waals surface area contributed by atoms with Gasteiger partial charge in [0.2, 0.25) is 0 Å². The number of carbonyl (C=O) groups is 1. The van der Waals surface area contributed by atoms with Gasteiger partial charge in [0.05, 0.1) is 11.2 Å². The summed E-state index contributed by atoms with van der Waals surface area (Å²) in [5.41, 5.74) is 1.75. The minimum Gasteiger partial charge on any atom is -0.320 e. The summed E-state index contributed by atoms with van der Waals surface area (Å²) in [5, 5.41) is 10.3. The van der Waals surface area contributed by atoms with Crippen molar-refractivity contribution in [2.75, 3.05) is 5.32 Å². The highest BCUT2D eigenvalue weighted by molar-refractivity contribution is 6.29. The Bertz CT molecular complexity index is 748. The van der Waals surface area contributed by atoms with E-state index in [-0.39, 0.29) is 11.6 Å². The van der Waals surface area contributed by atoms with E-state index in [0.29, 0.717) is 10.8 Å². The average Bonchev–Trinajstić information content (AvgIpc) is 2.86. The van der Waals surface area contributed by atoms with Gasteiger partial charge in [-0.15, -0.1) is 0 Å². The molecule has 2 heterocycles. The summed E-state index contributed by atoms with van der Waals surface area (Å²) in [6.07, 6.45) is 1.65. The van der Waals surface area contributed by atoms with Crippen LogP contribution in [0.1, 0.15) is 10.5 Å². The summed E-state index contributed by atoms with van der Waals surface area (Å²) in [7, 11) is 0. The number of para-hydroxylation sites is 1. The normalized spacial score (nSPS) is 10.6. The highest BCUT2D eigenvalue weighted by atomic mass is 35.5. The molecule has 6 heteroatoms. The number of nitrogens with zero attached hydrogens (tertiary/aromatic N) is 2. The highest BCUT2D eigenvalue weighted by Gasteiger charge is 2.11. The first-order valence-corrected chi connectivity index (χ1v) is 5.98. The van der Waals surface area contributed by atoms with Crippen LogP contribution >= 0.6 is 11.6 Å². The van der Waals surface area contributed by atoms with Gasteiger partial charge in [0.1, 0.15) is 5.15 Å². The quantitative estimate of drug-likeness (QED) is 0.753. The number of halogens is 1. The van der Waals surface area contributed by atoms with E-state index in [1.54, 1.807) is 12.3 Å². The first kappa shape index (κ1) is 11.7. The van der Waals surface area contributed by atoms with Crippen LogP contribution < -0.4 is 5.32 Å². The lowest BCUT2D eigenvalue weighted by Crippen LogP contribution is -2.12. The monoisotopic (exact) mass is 272 g/mol. The molecule has 1 aromatic carbocycles. The summed E-state index contributed by atoms with van der Waals surface area (Å²) in [6.45, 7) is 0. The minimum atomic E-state index is -0.320. The number of rotatable bonds is 2. The van der Waals surface area contributed by atoms with E-state index in [2.05, 4.69) is 20.5 Å². The van der Waals surface area contributed by atoms with Crippen molar-refractivity contribution in [3.8, 4) is 0 Å². The van der Waals surface area contributed by atoms with Crippen LogP contribution in [-0.4, -0.2) is 21.1 Å².